The summed E-state index contributed by atoms with van der Waals surface area (Å²) in [4.78, 5) is 7.18. The standard InChI is InChI=1S/C16H19ClN4/c1-3-21-5-4-13-12(8-21)14(16(18)19)11-7-10(17)6-9(2)15(11)20-13/h6-7H,3-5,8H2,1-2H3,(H3,18,19). The molecular weight excluding hydrogens is 284 g/mol. The first-order chi connectivity index (χ1) is 10.0. The van der Waals surface area contributed by atoms with Crippen LogP contribution in [0.25, 0.3) is 10.9 Å². The van der Waals surface area contributed by atoms with Gasteiger partial charge in [0.2, 0.25) is 0 Å². The van der Waals surface area contributed by atoms with E-state index in [1.54, 1.807) is 0 Å². The van der Waals surface area contributed by atoms with Gasteiger partial charge in [0.05, 0.1) is 5.52 Å². The Hall–Kier alpha value is -1.65. The number of nitrogens with two attached hydrogens (primary N) is 1. The van der Waals surface area contributed by atoms with E-state index in [1.807, 2.05) is 19.1 Å². The lowest BCUT2D eigenvalue weighted by molar-refractivity contribution is 0.266. The number of nitrogens with one attached hydrogen (secondary N) is 1. The van der Waals surface area contributed by atoms with Crippen LogP contribution in [0, 0.1) is 12.3 Å². The third-order valence-electron chi connectivity index (χ3n) is 4.19. The molecule has 3 rings (SSSR count). The summed E-state index contributed by atoms with van der Waals surface area (Å²) in [6.45, 7) is 6.94. The number of nitrogens with zero attached hydrogens (tertiary/aromatic N) is 2. The Labute approximate surface area is 129 Å². The number of aromatic nitrogens is 1. The molecule has 0 amide bonds. The normalized spacial score (nSPS) is 15.2. The number of halogens is 1. The van der Waals surface area contributed by atoms with Crippen LogP contribution in [-0.2, 0) is 13.0 Å². The van der Waals surface area contributed by atoms with E-state index < -0.39 is 0 Å². The highest BCUT2D eigenvalue weighted by molar-refractivity contribution is 6.31. The summed E-state index contributed by atoms with van der Waals surface area (Å²) >= 11 is 6.19. The van der Waals surface area contributed by atoms with Gasteiger partial charge in [0.25, 0.3) is 0 Å². The van der Waals surface area contributed by atoms with E-state index in [4.69, 9.17) is 27.7 Å². The van der Waals surface area contributed by atoms with Crippen LogP contribution in [-0.4, -0.2) is 28.8 Å². The predicted molar refractivity (Wildman–Crippen MR) is 87.2 cm³/mol. The van der Waals surface area contributed by atoms with Crippen LogP contribution < -0.4 is 5.73 Å². The summed E-state index contributed by atoms with van der Waals surface area (Å²) in [6.07, 6.45) is 0.904. The molecule has 0 fully saturated rings. The minimum atomic E-state index is 0.0956. The van der Waals surface area contributed by atoms with Crippen molar-refractivity contribution in [3.63, 3.8) is 0 Å². The van der Waals surface area contributed by atoms with Gasteiger partial charge in [-0.05, 0) is 36.7 Å². The van der Waals surface area contributed by atoms with Crippen LogP contribution >= 0.6 is 11.6 Å². The Balaban J connectivity index is 2.35. The Bertz CT molecular complexity index is 739. The molecule has 1 aromatic heterocycles. The first-order valence-corrected chi connectivity index (χ1v) is 7.57. The number of benzene rings is 1. The van der Waals surface area contributed by atoms with E-state index in [2.05, 4.69) is 11.8 Å². The van der Waals surface area contributed by atoms with Crippen molar-refractivity contribution in [2.75, 3.05) is 13.1 Å². The Morgan fingerprint density at radius 1 is 1.48 bits per heavy atom. The van der Waals surface area contributed by atoms with E-state index in [0.717, 1.165) is 59.3 Å². The maximum absolute atomic E-state index is 8.01. The van der Waals surface area contributed by atoms with Crippen LogP contribution in [0.2, 0.25) is 5.02 Å². The second-order valence-electron chi connectivity index (χ2n) is 5.56. The summed E-state index contributed by atoms with van der Waals surface area (Å²) < 4.78 is 0. The molecule has 1 aliphatic heterocycles. The minimum Gasteiger partial charge on any atom is -0.384 e. The highest BCUT2D eigenvalue weighted by atomic mass is 35.5. The molecule has 3 N–H and O–H groups in total. The third kappa shape index (κ3) is 2.39. The van der Waals surface area contributed by atoms with Crippen molar-refractivity contribution in [1.82, 2.24) is 9.88 Å². The molecule has 110 valence electrons. The van der Waals surface area contributed by atoms with Crippen molar-refractivity contribution >= 4 is 28.3 Å². The number of nitrogen functional groups attached to an aromatic ring is 1. The van der Waals surface area contributed by atoms with Crippen LogP contribution in [0.1, 0.15) is 29.3 Å². The lowest BCUT2D eigenvalue weighted by Gasteiger charge is -2.29. The van der Waals surface area contributed by atoms with Crippen molar-refractivity contribution in [1.29, 1.82) is 5.41 Å². The van der Waals surface area contributed by atoms with Gasteiger partial charge in [0.1, 0.15) is 5.84 Å². The highest BCUT2D eigenvalue weighted by Crippen LogP contribution is 2.31. The molecule has 0 unspecified atom stereocenters. The molecule has 0 saturated heterocycles. The minimum absolute atomic E-state index is 0.0956. The van der Waals surface area contributed by atoms with Crippen molar-refractivity contribution < 1.29 is 0 Å². The lowest BCUT2D eigenvalue weighted by atomic mass is 9.94. The number of likely N-dealkylation sites (N-methyl/N-ethyl adjacent to an activating group) is 1. The Kier molecular flexibility index (Phi) is 3.59. The van der Waals surface area contributed by atoms with Gasteiger partial charge in [-0.1, -0.05) is 18.5 Å². The van der Waals surface area contributed by atoms with Gasteiger partial charge in [0.15, 0.2) is 0 Å². The number of pyridine rings is 1. The van der Waals surface area contributed by atoms with Crippen LogP contribution in [0.5, 0.6) is 0 Å². The fourth-order valence-electron chi connectivity index (χ4n) is 3.11. The molecule has 2 heterocycles. The van der Waals surface area contributed by atoms with E-state index >= 15 is 0 Å². The average molecular weight is 303 g/mol. The van der Waals surface area contributed by atoms with E-state index in [1.165, 1.54) is 0 Å². The molecule has 0 radical (unpaired) electrons. The maximum atomic E-state index is 8.01. The molecule has 0 atom stereocenters. The fraction of sp³-hybridized carbons (Fsp3) is 0.375. The summed E-state index contributed by atoms with van der Waals surface area (Å²) in [5, 5.41) is 9.56. The number of aryl methyl sites for hydroxylation is 1. The molecule has 4 nitrogen and oxygen atoms in total. The first-order valence-electron chi connectivity index (χ1n) is 7.19. The zero-order valence-electron chi connectivity index (χ0n) is 12.3. The Morgan fingerprint density at radius 3 is 2.90 bits per heavy atom. The predicted octanol–water partition coefficient (Wildman–Crippen LogP) is 2.86. The Morgan fingerprint density at radius 2 is 2.24 bits per heavy atom. The number of fused-ring (bicyclic) bond motifs is 2. The average Bonchev–Trinajstić information content (AvgIpc) is 2.44. The number of amidine groups is 1. The molecule has 5 heteroatoms. The number of rotatable bonds is 2. The number of hydrogen-bond donors (Lipinski definition) is 2. The number of hydrogen-bond acceptors (Lipinski definition) is 3. The van der Waals surface area contributed by atoms with Crippen molar-refractivity contribution in [3.8, 4) is 0 Å². The second-order valence-corrected chi connectivity index (χ2v) is 6.00. The van der Waals surface area contributed by atoms with Gasteiger partial charge in [-0.3, -0.25) is 15.3 Å². The quantitative estimate of drug-likeness (QED) is 0.662. The van der Waals surface area contributed by atoms with Crippen molar-refractivity contribution in [3.05, 3.63) is 39.5 Å². The van der Waals surface area contributed by atoms with Crippen molar-refractivity contribution in [2.45, 2.75) is 26.8 Å². The fourth-order valence-corrected chi connectivity index (χ4v) is 3.38. The molecule has 0 saturated carbocycles. The smallest absolute Gasteiger partial charge is 0.123 e. The van der Waals surface area contributed by atoms with E-state index in [0.29, 0.717) is 5.02 Å². The molecule has 0 spiro atoms. The topological polar surface area (TPSA) is 66.0 Å². The summed E-state index contributed by atoms with van der Waals surface area (Å²) in [5.74, 6) is 0.0956. The molecule has 21 heavy (non-hydrogen) atoms. The zero-order valence-corrected chi connectivity index (χ0v) is 13.1. The molecule has 0 aliphatic carbocycles. The second kappa shape index (κ2) is 5.28. The highest BCUT2D eigenvalue weighted by Gasteiger charge is 2.23. The van der Waals surface area contributed by atoms with Crippen LogP contribution in [0.4, 0.5) is 0 Å². The SMILES string of the molecule is CCN1CCc2nc3c(C)cc(Cl)cc3c(C(=N)N)c2C1. The largest absolute Gasteiger partial charge is 0.384 e. The molecule has 0 bridgehead atoms. The van der Waals surface area contributed by atoms with E-state index in [-0.39, 0.29) is 5.84 Å². The van der Waals surface area contributed by atoms with Gasteiger partial charge in [-0.15, -0.1) is 0 Å². The van der Waals surface area contributed by atoms with Crippen LogP contribution in [0.15, 0.2) is 12.1 Å². The summed E-state index contributed by atoms with van der Waals surface area (Å²) in [7, 11) is 0. The summed E-state index contributed by atoms with van der Waals surface area (Å²) in [6, 6.07) is 3.78. The summed E-state index contributed by atoms with van der Waals surface area (Å²) in [5.41, 5.74) is 10.8. The van der Waals surface area contributed by atoms with Gasteiger partial charge in [-0.25, -0.2) is 0 Å². The molecule has 1 aromatic carbocycles. The zero-order chi connectivity index (χ0) is 15.1. The monoisotopic (exact) mass is 302 g/mol. The van der Waals surface area contributed by atoms with Gasteiger partial charge < -0.3 is 5.73 Å². The first kappa shape index (κ1) is 14.3. The van der Waals surface area contributed by atoms with Crippen molar-refractivity contribution in [2.24, 2.45) is 5.73 Å². The molecular formula is C16H19ClN4. The molecule has 2 aromatic rings. The van der Waals surface area contributed by atoms with Gasteiger partial charge >= 0.3 is 0 Å². The lowest BCUT2D eigenvalue weighted by Crippen LogP contribution is -2.33. The van der Waals surface area contributed by atoms with Gasteiger partial charge in [-0.2, -0.15) is 0 Å². The third-order valence-corrected chi connectivity index (χ3v) is 4.41. The maximum Gasteiger partial charge on any atom is 0.123 e. The van der Waals surface area contributed by atoms with E-state index in [9.17, 15) is 0 Å². The van der Waals surface area contributed by atoms with Crippen LogP contribution in [0.3, 0.4) is 0 Å². The molecule has 1 aliphatic rings. The van der Waals surface area contributed by atoms with Gasteiger partial charge in [0, 0.05) is 41.2 Å².